The van der Waals surface area contributed by atoms with Crippen LogP contribution in [0.3, 0.4) is 0 Å². The third kappa shape index (κ3) is 4.52. The minimum atomic E-state index is 0.248. The van der Waals surface area contributed by atoms with Crippen molar-refractivity contribution in [2.24, 2.45) is 11.3 Å². The van der Waals surface area contributed by atoms with Gasteiger partial charge in [0.15, 0.2) is 0 Å². The summed E-state index contributed by atoms with van der Waals surface area (Å²) < 4.78 is 4.93. The Hall–Kier alpha value is -0.570. The molecule has 1 rings (SSSR count). The molecule has 1 unspecified atom stereocenters. The Kier molecular flexibility index (Phi) is 4.78. The molecule has 1 aliphatic rings. The number of methoxy groups -OCH3 is 1. The van der Waals surface area contributed by atoms with Crippen molar-refractivity contribution in [3.05, 3.63) is 0 Å². The van der Waals surface area contributed by atoms with E-state index >= 15 is 0 Å². The van der Waals surface area contributed by atoms with Gasteiger partial charge >= 0.3 is 0 Å². The highest BCUT2D eigenvalue weighted by Gasteiger charge is 2.28. The number of amides is 1. The van der Waals surface area contributed by atoms with E-state index < -0.39 is 0 Å². The number of rotatable bonds is 4. The van der Waals surface area contributed by atoms with Crippen LogP contribution in [0.4, 0.5) is 0 Å². The van der Waals surface area contributed by atoms with Gasteiger partial charge < -0.3 is 9.64 Å². The van der Waals surface area contributed by atoms with Gasteiger partial charge in [0.25, 0.3) is 0 Å². The number of carbonyl (C=O) groups is 1. The molecule has 0 saturated carbocycles. The number of likely N-dealkylation sites (tertiary alicyclic amines) is 1. The van der Waals surface area contributed by atoms with Crippen LogP contribution in [0.5, 0.6) is 0 Å². The van der Waals surface area contributed by atoms with Crippen molar-refractivity contribution in [1.29, 1.82) is 0 Å². The lowest BCUT2D eigenvalue weighted by molar-refractivity contribution is -0.131. The molecule has 1 amide bonds. The number of ether oxygens (including phenoxy) is 1. The minimum absolute atomic E-state index is 0.248. The van der Waals surface area contributed by atoms with Gasteiger partial charge in [0.1, 0.15) is 0 Å². The van der Waals surface area contributed by atoms with E-state index in [0.29, 0.717) is 24.4 Å². The van der Waals surface area contributed by atoms with Gasteiger partial charge in [-0.1, -0.05) is 20.8 Å². The van der Waals surface area contributed by atoms with E-state index in [1.165, 1.54) is 6.42 Å². The Bertz CT molecular complexity index is 233. The van der Waals surface area contributed by atoms with Gasteiger partial charge in [-0.25, -0.2) is 0 Å². The molecule has 0 aromatic carbocycles. The lowest BCUT2D eigenvalue weighted by atomic mass is 9.84. The van der Waals surface area contributed by atoms with Crippen LogP contribution >= 0.6 is 0 Å². The van der Waals surface area contributed by atoms with Crippen LogP contribution < -0.4 is 0 Å². The topological polar surface area (TPSA) is 29.5 Å². The van der Waals surface area contributed by atoms with E-state index in [2.05, 4.69) is 20.8 Å². The van der Waals surface area contributed by atoms with Crippen LogP contribution in [0.2, 0.25) is 0 Å². The Morgan fingerprint density at radius 2 is 2.12 bits per heavy atom. The van der Waals surface area contributed by atoms with Gasteiger partial charge in [0, 0.05) is 20.2 Å². The zero-order valence-electron chi connectivity index (χ0n) is 11.1. The molecule has 0 bridgehead atoms. The summed E-state index contributed by atoms with van der Waals surface area (Å²) in [6, 6.07) is 0. The Labute approximate surface area is 99.1 Å². The van der Waals surface area contributed by atoms with Gasteiger partial charge in [-0.2, -0.15) is 0 Å². The van der Waals surface area contributed by atoms with Gasteiger partial charge in [-0.3, -0.25) is 4.79 Å². The third-order valence-electron chi connectivity index (χ3n) is 3.06. The number of hydrogen-bond donors (Lipinski definition) is 0. The van der Waals surface area contributed by atoms with E-state index in [1.807, 2.05) is 4.90 Å². The van der Waals surface area contributed by atoms with Crippen LogP contribution in [0, 0.1) is 11.3 Å². The molecule has 0 spiro atoms. The third-order valence-corrected chi connectivity index (χ3v) is 3.06. The molecule has 0 aromatic rings. The van der Waals surface area contributed by atoms with Crippen LogP contribution in [0.25, 0.3) is 0 Å². The fourth-order valence-corrected chi connectivity index (χ4v) is 2.44. The largest absolute Gasteiger partial charge is 0.384 e. The highest BCUT2D eigenvalue weighted by molar-refractivity contribution is 5.76. The van der Waals surface area contributed by atoms with Crippen molar-refractivity contribution in [3.63, 3.8) is 0 Å². The molecular formula is C13H25NO2. The highest BCUT2D eigenvalue weighted by atomic mass is 16.5. The molecule has 3 nitrogen and oxygen atoms in total. The van der Waals surface area contributed by atoms with Gasteiger partial charge in [0.2, 0.25) is 5.91 Å². The molecule has 0 N–H and O–H groups in total. The summed E-state index contributed by atoms with van der Waals surface area (Å²) in [5, 5.41) is 0. The molecule has 0 aliphatic carbocycles. The standard InChI is InChI=1S/C13H25NO2/c1-13(2,3)9-11-5-7-14(10-11)12(15)6-8-16-4/h11H,5-10H2,1-4H3. The summed E-state index contributed by atoms with van der Waals surface area (Å²) >= 11 is 0. The minimum Gasteiger partial charge on any atom is -0.384 e. The van der Waals surface area contributed by atoms with Crippen molar-refractivity contribution in [2.45, 2.75) is 40.0 Å². The lowest BCUT2D eigenvalue weighted by Crippen LogP contribution is -2.29. The summed E-state index contributed by atoms with van der Waals surface area (Å²) in [5.74, 6) is 0.935. The normalized spacial score (nSPS) is 21.5. The summed E-state index contributed by atoms with van der Waals surface area (Å²) in [6.45, 7) is 9.22. The molecule has 1 heterocycles. The summed E-state index contributed by atoms with van der Waals surface area (Å²) in [6.07, 6.45) is 2.90. The van der Waals surface area contributed by atoms with E-state index in [4.69, 9.17) is 4.74 Å². The van der Waals surface area contributed by atoms with Crippen LogP contribution in [-0.4, -0.2) is 37.6 Å². The second-order valence-electron chi connectivity index (χ2n) is 6.00. The van der Waals surface area contributed by atoms with Gasteiger partial charge in [-0.05, 0) is 24.2 Å². The molecule has 1 saturated heterocycles. The maximum atomic E-state index is 11.8. The molecule has 0 aromatic heterocycles. The van der Waals surface area contributed by atoms with E-state index in [9.17, 15) is 4.79 Å². The first kappa shape index (κ1) is 13.5. The van der Waals surface area contributed by atoms with Crippen molar-refractivity contribution in [3.8, 4) is 0 Å². The molecule has 1 fully saturated rings. The summed E-state index contributed by atoms with van der Waals surface area (Å²) in [5.41, 5.74) is 0.371. The number of hydrogen-bond acceptors (Lipinski definition) is 2. The first-order valence-corrected chi connectivity index (χ1v) is 6.19. The Morgan fingerprint density at radius 1 is 1.44 bits per heavy atom. The van der Waals surface area contributed by atoms with Crippen LogP contribution in [0.15, 0.2) is 0 Å². The molecule has 94 valence electrons. The highest BCUT2D eigenvalue weighted by Crippen LogP contribution is 2.30. The molecule has 0 radical (unpaired) electrons. The van der Waals surface area contributed by atoms with Crippen LogP contribution in [0.1, 0.15) is 40.0 Å². The maximum absolute atomic E-state index is 11.8. The average molecular weight is 227 g/mol. The van der Waals surface area contributed by atoms with Crippen LogP contribution in [-0.2, 0) is 9.53 Å². The molecule has 3 heteroatoms. The molecule has 1 aliphatic heterocycles. The van der Waals surface area contributed by atoms with Crippen molar-refractivity contribution >= 4 is 5.91 Å². The van der Waals surface area contributed by atoms with Gasteiger partial charge in [0.05, 0.1) is 13.0 Å². The Balaban J connectivity index is 2.32. The lowest BCUT2D eigenvalue weighted by Gasteiger charge is -2.23. The zero-order valence-corrected chi connectivity index (χ0v) is 11.1. The summed E-state index contributed by atoms with van der Waals surface area (Å²) in [7, 11) is 1.64. The van der Waals surface area contributed by atoms with E-state index in [1.54, 1.807) is 7.11 Å². The van der Waals surface area contributed by atoms with Crippen molar-refractivity contribution in [2.75, 3.05) is 26.8 Å². The number of nitrogens with zero attached hydrogens (tertiary/aromatic N) is 1. The monoisotopic (exact) mass is 227 g/mol. The predicted molar refractivity (Wildman–Crippen MR) is 65.3 cm³/mol. The molecule has 16 heavy (non-hydrogen) atoms. The Morgan fingerprint density at radius 3 is 2.69 bits per heavy atom. The second kappa shape index (κ2) is 5.67. The zero-order chi connectivity index (χ0) is 12.2. The fraction of sp³-hybridized carbons (Fsp3) is 0.923. The second-order valence-corrected chi connectivity index (χ2v) is 6.00. The predicted octanol–water partition coefficient (Wildman–Crippen LogP) is 2.31. The SMILES string of the molecule is COCCC(=O)N1CCC(CC(C)(C)C)C1. The van der Waals surface area contributed by atoms with Crippen molar-refractivity contribution in [1.82, 2.24) is 4.90 Å². The first-order valence-electron chi connectivity index (χ1n) is 6.19. The van der Waals surface area contributed by atoms with Gasteiger partial charge in [-0.15, -0.1) is 0 Å². The summed E-state index contributed by atoms with van der Waals surface area (Å²) in [4.78, 5) is 13.8. The first-order chi connectivity index (χ1) is 7.42. The molecule has 1 atom stereocenters. The number of carbonyl (C=O) groups excluding carboxylic acids is 1. The average Bonchev–Trinajstić information content (AvgIpc) is 2.59. The quantitative estimate of drug-likeness (QED) is 0.737. The van der Waals surface area contributed by atoms with E-state index in [0.717, 1.165) is 19.5 Å². The molecular weight excluding hydrogens is 202 g/mol. The maximum Gasteiger partial charge on any atom is 0.224 e. The van der Waals surface area contributed by atoms with Crippen molar-refractivity contribution < 1.29 is 9.53 Å². The smallest absolute Gasteiger partial charge is 0.224 e. The van der Waals surface area contributed by atoms with E-state index in [-0.39, 0.29) is 5.91 Å². The fourth-order valence-electron chi connectivity index (χ4n) is 2.44.